The molecule has 1 spiro atoms. The van der Waals surface area contributed by atoms with Crippen LogP contribution in [0.5, 0.6) is 0 Å². The first-order valence-electron chi connectivity index (χ1n) is 10.1. The van der Waals surface area contributed by atoms with Gasteiger partial charge in [0.25, 0.3) is 5.56 Å². The molecule has 29 heavy (non-hydrogen) atoms. The summed E-state index contributed by atoms with van der Waals surface area (Å²) >= 11 is 1.64. The van der Waals surface area contributed by atoms with E-state index in [0.717, 1.165) is 34.8 Å². The Bertz CT molecular complexity index is 1330. The Morgan fingerprint density at radius 3 is 2.86 bits per heavy atom. The van der Waals surface area contributed by atoms with Crippen LogP contribution in [0.1, 0.15) is 47.7 Å². The van der Waals surface area contributed by atoms with Crippen molar-refractivity contribution in [2.75, 3.05) is 6.54 Å². The average Bonchev–Trinajstić information content (AvgIpc) is 3.13. The van der Waals surface area contributed by atoms with Crippen LogP contribution in [0.3, 0.4) is 0 Å². The van der Waals surface area contributed by atoms with E-state index in [1.807, 2.05) is 32.3 Å². The molecule has 1 N–H and O–H groups in total. The van der Waals surface area contributed by atoms with Crippen molar-refractivity contribution in [3.63, 3.8) is 0 Å². The molecule has 4 aromatic heterocycles. The fraction of sp³-hybridized carbons (Fsp3) is 0.429. The molecule has 6 rings (SSSR count). The molecule has 0 radical (unpaired) electrons. The maximum absolute atomic E-state index is 12.8. The van der Waals surface area contributed by atoms with Crippen LogP contribution in [0.4, 0.5) is 0 Å². The third-order valence-corrected chi connectivity index (χ3v) is 7.41. The van der Waals surface area contributed by atoms with Crippen LogP contribution in [0.2, 0.25) is 0 Å². The van der Waals surface area contributed by atoms with Gasteiger partial charge in [-0.05, 0) is 63.6 Å². The number of imidazole rings is 1. The summed E-state index contributed by atoms with van der Waals surface area (Å²) in [6, 6.07) is 3.55. The molecule has 148 valence electrons. The van der Waals surface area contributed by atoms with Gasteiger partial charge in [0, 0.05) is 22.7 Å². The molecule has 2 aliphatic rings. The second-order valence-electron chi connectivity index (χ2n) is 8.53. The largest absolute Gasteiger partial charge is 0.311 e. The van der Waals surface area contributed by atoms with Crippen molar-refractivity contribution in [1.29, 1.82) is 0 Å². The molecular formula is C21H22N6OS. The highest BCUT2D eigenvalue weighted by Crippen LogP contribution is 2.47. The van der Waals surface area contributed by atoms with Crippen molar-refractivity contribution in [1.82, 2.24) is 29.3 Å². The second-order valence-corrected chi connectivity index (χ2v) is 9.57. The molecule has 1 aliphatic heterocycles. The minimum Gasteiger partial charge on any atom is -0.311 e. The zero-order valence-electron chi connectivity index (χ0n) is 16.5. The highest BCUT2D eigenvalue weighted by atomic mass is 32.1. The summed E-state index contributed by atoms with van der Waals surface area (Å²) in [5.41, 5.74) is 4.39. The summed E-state index contributed by atoms with van der Waals surface area (Å²) in [7, 11) is 0. The molecule has 0 aromatic carbocycles. The number of thiazole rings is 1. The van der Waals surface area contributed by atoms with Crippen LogP contribution < -0.4 is 10.9 Å². The third-order valence-electron chi connectivity index (χ3n) is 6.26. The number of nitrogens with zero attached hydrogens (tertiary/aromatic N) is 5. The van der Waals surface area contributed by atoms with Crippen molar-refractivity contribution in [2.24, 2.45) is 0 Å². The van der Waals surface area contributed by atoms with Gasteiger partial charge in [0.15, 0.2) is 10.6 Å². The molecule has 2 fully saturated rings. The van der Waals surface area contributed by atoms with Crippen LogP contribution in [-0.4, -0.2) is 36.1 Å². The molecule has 0 amide bonds. The zero-order chi connectivity index (χ0) is 19.8. The second kappa shape index (κ2) is 5.96. The molecule has 7 nitrogen and oxygen atoms in total. The Hall–Kier alpha value is -2.58. The number of fused-ring (bicyclic) bond motifs is 2. The first kappa shape index (κ1) is 17.3. The molecule has 0 bridgehead atoms. The minimum atomic E-state index is -0.0519. The fourth-order valence-corrected chi connectivity index (χ4v) is 5.66. The number of hydrogen-bond donors (Lipinski definition) is 1. The molecule has 1 saturated carbocycles. The zero-order valence-corrected chi connectivity index (χ0v) is 17.3. The van der Waals surface area contributed by atoms with Crippen LogP contribution in [0.25, 0.3) is 22.0 Å². The average molecular weight is 407 g/mol. The number of aryl methyl sites for hydroxylation is 2. The summed E-state index contributed by atoms with van der Waals surface area (Å²) in [4.78, 5) is 24.1. The standard InChI is InChI=1S/C21H22N6OS/c1-12-7-16(25-27-10-13(2)23-19(12)27)15-8-18(28)26-11-17(29-20(26)24-15)14-3-6-22-21(9-14)4-5-21/h7-8,10-11,14,22H,3-6,9H2,1-2H3/t14-/m0/s1. The van der Waals surface area contributed by atoms with Crippen LogP contribution in [0, 0.1) is 13.8 Å². The van der Waals surface area contributed by atoms with E-state index in [1.54, 1.807) is 26.3 Å². The van der Waals surface area contributed by atoms with Gasteiger partial charge in [0.05, 0.1) is 17.6 Å². The van der Waals surface area contributed by atoms with Crippen molar-refractivity contribution < 1.29 is 0 Å². The Morgan fingerprint density at radius 1 is 1.17 bits per heavy atom. The Morgan fingerprint density at radius 2 is 2.03 bits per heavy atom. The Labute approximate surface area is 171 Å². The number of hydrogen-bond acceptors (Lipinski definition) is 6. The van der Waals surface area contributed by atoms with E-state index < -0.39 is 0 Å². The van der Waals surface area contributed by atoms with Crippen LogP contribution in [0.15, 0.2) is 29.3 Å². The first-order chi connectivity index (χ1) is 14.0. The molecular weight excluding hydrogens is 384 g/mol. The first-order valence-corrected chi connectivity index (χ1v) is 10.9. The topological polar surface area (TPSA) is 76.6 Å². The quantitative estimate of drug-likeness (QED) is 0.554. The number of rotatable bonds is 2. The molecule has 5 heterocycles. The van der Waals surface area contributed by atoms with Gasteiger partial charge < -0.3 is 5.32 Å². The lowest BCUT2D eigenvalue weighted by atomic mass is 9.90. The summed E-state index contributed by atoms with van der Waals surface area (Å²) in [6.45, 7) is 5.01. The monoisotopic (exact) mass is 406 g/mol. The van der Waals surface area contributed by atoms with Gasteiger partial charge in [0.1, 0.15) is 5.69 Å². The van der Waals surface area contributed by atoms with E-state index in [-0.39, 0.29) is 5.56 Å². The number of nitrogens with one attached hydrogen (secondary N) is 1. The van der Waals surface area contributed by atoms with Crippen molar-refractivity contribution in [2.45, 2.75) is 51.0 Å². The predicted molar refractivity (Wildman–Crippen MR) is 113 cm³/mol. The van der Waals surface area contributed by atoms with Gasteiger partial charge in [-0.25, -0.2) is 14.5 Å². The summed E-state index contributed by atoms with van der Waals surface area (Å²) in [5, 5.41) is 8.31. The molecule has 1 saturated heterocycles. The molecule has 8 heteroatoms. The summed E-state index contributed by atoms with van der Waals surface area (Å²) in [5.74, 6) is 0.513. The van der Waals surface area contributed by atoms with Gasteiger partial charge in [-0.2, -0.15) is 5.10 Å². The fourth-order valence-electron chi connectivity index (χ4n) is 4.54. The highest BCUT2D eigenvalue weighted by Gasteiger charge is 2.46. The van der Waals surface area contributed by atoms with E-state index >= 15 is 0 Å². The summed E-state index contributed by atoms with van der Waals surface area (Å²) < 4.78 is 3.46. The molecule has 1 atom stereocenters. The Balaban J connectivity index is 1.43. The highest BCUT2D eigenvalue weighted by molar-refractivity contribution is 7.17. The number of piperidine rings is 1. The minimum absolute atomic E-state index is 0.0519. The Kier molecular flexibility index (Phi) is 3.56. The van der Waals surface area contributed by atoms with Crippen molar-refractivity contribution >= 4 is 21.9 Å². The predicted octanol–water partition coefficient (Wildman–Crippen LogP) is 3.08. The van der Waals surface area contributed by atoms with Gasteiger partial charge in [-0.15, -0.1) is 11.3 Å². The smallest absolute Gasteiger partial charge is 0.259 e. The van der Waals surface area contributed by atoms with E-state index in [4.69, 9.17) is 4.98 Å². The van der Waals surface area contributed by atoms with Gasteiger partial charge in [-0.1, -0.05) is 0 Å². The maximum atomic E-state index is 12.8. The number of aromatic nitrogens is 5. The lowest BCUT2D eigenvalue weighted by Crippen LogP contribution is -2.39. The third kappa shape index (κ3) is 2.81. The van der Waals surface area contributed by atoms with Crippen LogP contribution >= 0.6 is 11.3 Å². The van der Waals surface area contributed by atoms with Crippen molar-refractivity contribution in [3.8, 4) is 11.4 Å². The normalized spacial score (nSPS) is 20.7. The van der Waals surface area contributed by atoms with Gasteiger partial charge in [-0.3, -0.25) is 9.20 Å². The van der Waals surface area contributed by atoms with Gasteiger partial charge in [0.2, 0.25) is 0 Å². The lowest BCUT2D eigenvalue weighted by molar-refractivity contribution is 0.348. The SMILES string of the molecule is Cc1cn2nc(-c3cc(=O)n4cc([C@H]5CCNC6(CC6)C5)sc4n3)cc(C)c2n1. The summed E-state index contributed by atoms with van der Waals surface area (Å²) in [6.07, 6.45) is 8.74. The maximum Gasteiger partial charge on any atom is 0.259 e. The molecule has 0 unspecified atom stereocenters. The molecule has 4 aromatic rings. The van der Waals surface area contributed by atoms with Crippen LogP contribution in [-0.2, 0) is 0 Å². The van der Waals surface area contributed by atoms with E-state index in [1.165, 1.54) is 24.1 Å². The van der Waals surface area contributed by atoms with Gasteiger partial charge >= 0.3 is 0 Å². The van der Waals surface area contributed by atoms with E-state index in [2.05, 4.69) is 15.4 Å². The van der Waals surface area contributed by atoms with Crippen molar-refractivity contribution in [3.05, 3.63) is 51.0 Å². The van der Waals surface area contributed by atoms with E-state index in [0.29, 0.717) is 22.8 Å². The molecule has 1 aliphatic carbocycles. The van der Waals surface area contributed by atoms with E-state index in [9.17, 15) is 4.79 Å². The lowest BCUT2D eigenvalue weighted by Gasteiger charge is -2.29.